The Kier molecular flexibility index (Phi) is 3.73. The maximum absolute atomic E-state index is 13.5. The number of anilines is 1. The molecule has 0 spiro atoms. The summed E-state index contributed by atoms with van der Waals surface area (Å²) in [6.07, 6.45) is 3.27. The quantitative estimate of drug-likeness (QED) is 0.880. The highest BCUT2D eigenvalue weighted by molar-refractivity contribution is 5.60. The first kappa shape index (κ1) is 13.8. The van der Waals surface area contributed by atoms with E-state index in [0.717, 1.165) is 43.4 Å². The van der Waals surface area contributed by atoms with Gasteiger partial charge in [-0.2, -0.15) is 0 Å². The van der Waals surface area contributed by atoms with Crippen molar-refractivity contribution in [1.29, 1.82) is 0 Å². The first-order valence-electron chi connectivity index (χ1n) is 7.28. The molecule has 0 saturated heterocycles. The van der Waals surface area contributed by atoms with Gasteiger partial charge in [0.15, 0.2) is 5.82 Å². The summed E-state index contributed by atoms with van der Waals surface area (Å²) in [4.78, 5) is 8.96. The molecule has 21 heavy (non-hydrogen) atoms. The van der Waals surface area contributed by atoms with Crippen LogP contribution < -0.4 is 5.32 Å². The van der Waals surface area contributed by atoms with Crippen LogP contribution in [0.2, 0.25) is 0 Å². The Morgan fingerprint density at radius 1 is 1.24 bits per heavy atom. The zero-order chi connectivity index (χ0) is 14.8. The van der Waals surface area contributed by atoms with Crippen molar-refractivity contribution in [2.45, 2.75) is 32.1 Å². The van der Waals surface area contributed by atoms with E-state index in [1.165, 1.54) is 12.1 Å². The number of hydrogen-bond acceptors (Lipinski definition) is 4. The lowest BCUT2D eigenvalue weighted by molar-refractivity contribution is 0.469. The standard InChI is InChI=1S/C16H18FN3O/c1-2-5-18-15-9-14(10-3-4-10)19-16(20-15)11-6-12(17)8-13(21)7-11/h6-10,21H,2-5H2,1H3,(H,18,19,20). The molecule has 1 fully saturated rings. The van der Waals surface area contributed by atoms with Crippen LogP contribution in [0.5, 0.6) is 5.75 Å². The smallest absolute Gasteiger partial charge is 0.162 e. The number of hydrogen-bond donors (Lipinski definition) is 2. The first-order chi connectivity index (χ1) is 10.2. The van der Waals surface area contributed by atoms with Crippen molar-refractivity contribution in [2.75, 3.05) is 11.9 Å². The molecular weight excluding hydrogens is 269 g/mol. The fraction of sp³-hybridized carbons (Fsp3) is 0.375. The van der Waals surface area contributed by atoms with Crippen LogP contribution in [0, 0.1) is 5.82 Å². The summed E-state index contributed by atoms with van der Waals surface area (Å²) in [7, 11) is 0. The molecule has 1 aliphatic carbocycles. The van der Waals surface area contributed by atoms with Crippen molar-refractivity contribution in [3.8, 4) is 17.1 Å². The van der Waals surface area contributed by atoms with Gasteiger partial charge in [0.2, 0.25) is 0 Å². The molecule has 2 aromatic rings. The average Bonchev–Trinajstić information content (AvgIpc) is 3.28. The van der Waals surface area contributed by atoms with Crippen LogP contribution in [0.25, 0.3) is 11.4 Å². The number of halogens is 1. The van der Waals surface area contributed by atoms with Crippen LogP contribution in [-0.2, 0) is 0 Å². The Balaban J connectivity index is 2.01. The monoisotopic (exact) mass is 287 g/mol. The van der Waals surface area contributed by atoms with E-state index in [2.05, 4.69) is 22.2 Å². The molecule has 0 aliphatic heterocycles. The van der Waals surface area contributed by atoms with Crippen molar-refractivity contribution in [3.05, 3.63) is 35.8 Å². The van der Waals surface area contributed by atoms with Gasteiger partial charge >= 0.3 is 0 Å². The molecule has 5 heteroatoms. The van der Waals surface area contributed by atoms with Gasteiger partial charge in [0.1, 0.15) is 17.4 Å². The number of aromatic nitrogens is 2. The molecule has 1 aromatic carbocycles. The van der Waals surface area contributed by atoms with Gasteiger partial charge in [-0.15, -0.1) is 0 Å². The molecule has 0 atom stereocenters. The van der Waals surface area contributed by atoms with E-state index in [4.69, 9.17) is 0 Å². The van der Waals surface area contributed by atoms with Crippen molar-refractivity contribution >= 4 is 5.82 Å². The summed E-state index contributed by atoms with van der Waals surface area (Å²) in [5, 5.41) is 12.8. The van der Waals surface area contributed by atoms with E-state index >= 15 is 0 Å². The van der Waals surface area contributed by atoms with E-state index in [1.54, 1.807) is 0 Å². The molecule has 0 amide bonds. The van der Waals surface area contributed by atoms with Crippen molar-refractivity contribution in [1.82, 2.24) is 9.97 Å². The van der Waals surface area contributed by atoms with E-state index in [0.29, 0.717) is 17.3 Å². The summed E-state index contributed by atoms with van der Waals surface area (Å²) in [5.41, 5.74) is 1.48. The van der Waals surface area contributed by atoms with Crippen molar-refractivity contribution in [3.63, 3.8) is 0 Å². The summed E-state index contributed by atoms with van der Waals surface area (Å²) >= 11 is 0. The van der Waals surface area contributed by atoms with Crippen molar-refractivity contribution in [2.24, 2.45) is 0 Å². The second-order valence-corrected chi connectivity index (χ2v) is 5.40. The predicted molar refractivity (Wildman–Crippen MR) is 79.8 cm³/mol. The summed E-state index contributed by atoms with van der Waals surface area (Å²) in [6, 6.07) is 5.87. The number of phenolic OH excluding ortho intramolecular Hbond substituents is 1. The fourth-order valence-corrected chi connectivity index (χ4v) is 2.23. The topological polar surface area (TPSA) is 58.0 Å². The van der Waals surface area contributed by atoms with Gasteiger partial charge in [0.05, 0.1) is 0 Å². The zero-order valence-electron chi connectivity index (χ0n) is 11.9. The van der Waals surface area contributed by atoms with Crippen LogP contribution in [-0.4, -0.2) is 21.6 Å². The minimum atomic E-state index is -0.492. The third-order valence-corrected chi connectivity index (χ3v) is 3.44. The predicted octanol–water partition coefficient (Wildman–Crippen LogP) is 3.69. The fourth-order valence-electron chi connectivity index (χ4n) is 2.23. The molecule has 2 N–H and O–H groups in total. The molecule has 0 unspecified atom stereocenters. The lowest BCUT2D eigenvalue weighted by atomic mass is 10.1. The van der Waals surface area contributed by atoms with Gasteiger partial charge in [-0.05, 0) is 31.4 Å². The number of benzene rings is 1. The SMILES string of the molecule is CCCNc1cc(C2CC2)nc(-c2cc(O)cc(F)c2)n1. The van der Waals surface area contributed by atoms with Gasteiger partial charge in [-0.25, -0.2) is 14.4 Å². The number of rotatable bonds is 5. The number of nitrogens with zero attached hydrogens (tertiary/aromatic N) is 2. The van der Waals surface area contributed by atoms with Crippen LogP contribution >= 0.6 is 0 Å². The maximum Gasteiger partial charge on any atom is 0.162 e. The minimum Gasteiger partial charge on any atom is -0.508 e. The Bertz CT molecular complexity index is 636. The third kappa shape index (κ3) is 3.29. The summed E-state index contributed by atoms with van der Waals surface area (Å²) in [6.45, 7) is 2.91. The molecule has 3 rings (SSSR count). The van der Waals surface area contributed by atoms with Crippen LogP contribution in [0.4, 0.5) is 10.2 Å². The second-order valence-electron chi connectivity index (χ2n) is 5.40. The molecular formula is C16H18FN3O. The normalized spacial score (nSPS) is 14.2. The van der Waals surface area contributed by atoms with Gasteiger partial charge in [-0.1, -0.05) is 6.92 Å². The van der Waals surface area contributed by atoms with Gasteiger partial charge in [-0.3, -0.25) is 0 Å². The van der Waals surface area contributed by atoms with E-state index in [9.17, 15) is 9.50 Å². The van der Waals surface area contributed by atoms with Crippen molar-refractivity contribution < 1.29 is 9.50 Å². The second kappa shape index (κ2) is 5.68. The zero-order valence-corrected chi connectivity index (χ0v) is 11.9. The van der Waals surface area contributed by atoms with Crippen LogP contribution in [0.15, 0.2) is 24.3 Å². The van der Waals surface area contributed by atoms with E-state index in [-0.39, 0.29) is 5.75 Å². The first-order valence-corrected chi connectivity index (χ1v) is 7.28. The van der Waals surface area contributed by atoms with Gasteiger partial charge in [0.25, 0.3) is 0 Å². The Hall–Kier alpha value is -2.17. The molecule has 0 bridgehead atoms. The largest absolute Gasteiger partial charge is 0.508 e. The highest BCUT2D eigenvalue weighted by Gasteiger charge is 2.26. The molecule has 1 heterocycles. The highest BCUT2D eigenvalue weighted by atomic mass is 19.1. The lowest BCUT2D eigenvalue weighted by Gasteiger charge is -2.09. The average molecular weight is 287 g/mol. The Morgan fingerprint density at radius 3 is 2.71 bits per heavy atom. The van der Waals surface area contributed by atoms with Crippen LogP contribution in [0.3, 0.4) is 0 Å². The third-order valence-electron chi connectivity index (χ3n) is 3.44. The molecule has 4 nitrogen and oxygen atoms in total. The lowest BCUT2D eigenvalue weighted by Crippen LogP contribution is -2.05. The minimum absolute atomic E-state index is 0.117. The van der Waals surface area contributed by atoms with E-state index < -0.39 is 5.82 Å². The Labute approximate surface area is 123 Å². The molecule has 110 valence electrons. The highest BCUT2D eigenvalue weighted by Crippen LogP contribution is 2.40. The molecule has 1 saturated carbocycles. The van der Waals surface area contributed by atoms with E-state index in [1.807, 2.05) is 6.07 Å². The maximum atomic E-state index is 13.5. The van der Waals surface area contributed by atoms with Gasteiger partial charge < -0.3 is 10.4 Å². The van der Waals surface area contributed by atoms with Gasteiger partial charge in [0, 0.05) is 35.9 Å². The Morgan fingerprint density at radius 2 is 2.05 bits per heavy atom. The number of nitrogens with one attached hydrogen (secondary N) is 1. The molecule has 1 aliphatic rings. The summed E-state index contributed by atoms with van der Waals surface area (Å²) in [5.74, 6) is 1.08. The number of aromatic hydroxyl groups is 1. The molecule has 0 radical (unpaired) electrons. The van der Waals surface area contributed by atoms with Crippen LogP contribution in [0.1, 0.15) is 37.8 Å². The molecule has 1 aromatic heterocycles. The summed E-state index contributed by atoms with van der Waals surface area (Å²) < 4.78 is 13.5. The number of phenols is 1.